The van der Waals surface area contributed by atoms with Crippen molar-refractivity contribution in [1.29, 1.82) is 0 Å². The Morgan fingerprint density at radius 1 is 1.29 bits per heavy atom. The van der Waals surface area contributed by atoms with E-state index in [1.54, 1.807) is 0 Å². The number of hydrogen-bond acceptors (Lipinski definition) is 1. The van der Waals surface area contributed by atoms with E-state index in [4.69, 9.17) is 0 Å². The van der Waals surface area contributed by atoms with Crippen molar-refractivity contribution in [2.24, 2.45) is 0 Å². The van der Waals surface area contributed by atoms with Gasteiger partial charge in [0.25, 0.3) is 0 Å². The van der Waals surface area contributed by atoms with Gasteiger partial charge in [-0.2, -0.15) is 0 Å². The van der Waals surface area contributed by atoms with E-state index in [-0.39, 0.29) is 0 Å². The Kier molecular flexibility index (Phi) is 2.49. The van der Waals surface area contributed by atoms with E-state index in [9.17, 15) is 0 Å². The third kappa shape index (κ3) is 2.01. The monoisotopic (exact) mass is 117 g/mol. The van der Waals surface area contributed by atoms with Gasteiger partial charge in [-0.1, -0.05) is 0 Å². The van der Waals surface area contributed by atoms with Crippen molar-refractivity contribution < 1.29 is 0 Å². The van der Waals surface area contributed by atoms with Crippen LogP contribution in [0.4, 0.5) is 0 Å². The molecule has 0 saturated carbocycles. The van der Waals surface area contributed by atoms with Crippen LogP contribution >= 0.6 is 0 Å². The molecule has 0 unspecified atom stereocenters. The second-order valence-electron chi connectivity index (χ2n) is 1.52. The normalized spacial score (nSPS) is 8.86. The SMILES string of the molecule is [K][c]1ccncc1. The van der Waals surface area contributed by atoms with Gasteiger partial charge in [-0.15, -0.1) is 0 Å². The molecule has 0 N–H and O–H groups in total. The van der Waals surface area contributed by atoms with Crippen molar-refractivity contribution in [2.45, 2.75) is 0 Å². The molecule has 0 saturated heterocycles. The molecule has 0 bridgehead atoms. The van der Waals surface area contributed by atoms with Crippen molar-refractivity contribution in [3.8, 4) is 0 Å². The van der Waals surface area contributed by atoms with Gasteiger partial charge in [0.1, 0.15) is 0 Å². The summed E-state index contributed by atoms with van der Waals surface area (Å²) < 4.78 is 1.45. The van der Waals surface area contributed by atoms with Crippen molar-refractivity contribution in [2.75, 3.05) is 0 Å². The average Bonchev–Trinajstić information content (AvgIpc) is 1.69. The molecule has 1 aromatic heterocycles. The fourth-order valence-electron chi connectivity index (χ4n) is 0.426. The minimum atomic E-state index is 0.815. The molecule has 0 radical (unpaired) electrons. The molecule has 7 heavy (non-hydrogen) atoms. The number of hydrogen-bond donors (Lipinski definition) is 0. The van der Waals surface area contributed by atoms with E-state index in [2.05, 4.69) is 17.1 Å². The third-order valence-corrected chi connectivity index (χ3v) is 1.89. The summed E-state index contributed by atoms with van der Waals surface area (Å²) in [7, 11) is 0. The first-order valence-electron chi connectivity index (χ1n) is 2.26. The minimum absolute atomic E-state index is 0.815. The summed E-state index contributed by atoms with van der Waals surface area (Å²) in [6.45, 7) is 0. The molecule has 0 aliphatic heterocycles. The van der Waals surface area contributed by atoms with Gasteiger partial charge in [0.15, 0.2) is 0 Å². The van der Waals surface area contributed by atoms with Gasteiger partial charge in [0.2, 0.25) is 0 Å². The Morgan fingerprint density at radius 2 is 1.86 bits per heavy atom. The molecule has 2 heteroatoms. The summed E-state index contributed by atoms with van der Waals surface area (Å²) >= 11 is 0.815. The van der Waals surface area contributed by atoms with Gasteiger partial charge in [-0.05, 0) is 0 Å². The fourth-order valence-corrected chi connectivity index (χ4v) is 0.892. The van der Waals surface area contributed by atoms with Crippen LogP contribution in [0.25, 0.3) is 0 Å². The second-order valence-corrected chi connectivity index (χ2v) is 3.33. The van der Waals surface area contributed by atoms with E-state index in [1.807, 2.05) is 12.4 Å². The predicted octanol–water partition coefficient (Wildman–Crippen LogP) is -0.125. The molecule has 1 aromatic rings. The molecule has 0 fully saturated rings. The molecular formula is C5H4KN. The Morgan fingerprint density at radius 3 is 2.14 bits per heavy atom. The Hall–Kier alpha value is 0.786. The summed E-state index contributed by atoms with van der Waals surface area (Å²) in [5.41, 5.74) is 0. The molecule has 0 atom stereocenters. The quantitative estimate of drug-likeness (QED) is 0.432. The summed E-state index contributed by atoms with van der Waals surface area (Å²) in [6.07, 6.45) is 3.67. The van der Waals surface area contributed by atoms with Crippen molar-refractivity contribution in [3.05, 3.63) is 24.5 Å². The Balaban J connectivity index is 3.02. The topological polar surface area (TPSA) is 12.9 Å². The van der Waals surface area contributed by atoms with Crippen LogP contribution in [0.3, 0.4) is 0 Å². The van der Waals surface area contributed by atoms with Crippen molar-refractivity contribution in [1.82, 2.24) is 4.98 Å². The predicted molar refractivity (Wildman–Crippen MR) is 29.6 cm³/mol. The zero-order valence-corrected chi connectivity index (χ0v) is 7.38. The van der Waals surface area contributed by atoms with Crippen LogP contribution in [-0.4, -0.2) is 53.9 Å². The number of pyridine rings is 1. The maximum atomic E-state index is 3.88. The van der Waals surface area contributed by atoms with E-state index < -0.39 is 0 Å². The standard InChI is InChI=1S/C5H4N.K/c1-2-4-6-5-3-1;/h2-5H;. The van der Waals surface area contributed by atoms with Gasteiger partial charge in [-0.25, -0.2) is 0 Å². The summed E-state index contributed by atoms with van der Waals surface area (Å²) in [4.78, 5) is 3.88. The van der Waals surface area contributed by atoms with Gasteiger partial charge >= 0.3 is 78.1 Å². The van der Waals surface area contributed by atoms with Crippen LogP contribution in [-0.2, 0) is 0 Å². The van der Waals surface area contributed by atoms with Crippen LogP contribution in [0, 0.1) is 0 Å². The fraction of sp³-hybridized carbons (Fsp3) is 0. The van der Waals surface area contributed by atoms with Gasteiger partial charge in [-0.3, -0.25) is 0 Å². The summed E-state index contributed by atoms with van der Waals surface area (Å²) in [5, 5.41) is 0. The van der Waals surface area contributed by atoms with Gasteiger partial charge in [0.05, 0.1) is 0 Å². The molecule has 1 rings (SSSR count). The molecule has 0 aliphatic carbocycles. The molecule has 0 spiro atoms. The Bertz CT molecular complexity index is 138. The number of rotatable bonds is 0. The van der Waals surface area contributed by atoms with Crippen LogP contribution in [0.1, 0.15) is 0 Å². The molecule has 30 valence electrons. The summed E-state index contributed by atoms with van der Waals surface area (Å²) in [5.74, 6) is 0. The molecule has 1 heterocycles. The number of aromatic nitrogens is 1. The second kappa shape index (κ2) is 2.94. The number of nitrogens with zero attached hydrogens (tertiary/aromatic N) is 1. The van der Waals surface area contributed by atoms with Gasteiger partial charge in [0, 0.05) is 0 Å². The van der Waals surface area contributed by atoms with Crippen molar-refractivity contribution in [3.63, 3.8) is 0 Å². The van der Waals surface area contributed by atoms with E-state index in [1.165, 1.54) is -0.342 Å². The molecule has 1 nitrogen and oxygen atoms in total. The average molecular weight is 117 g/mol. The van der Waals surface area contributed by atoms with Crippen LogP contribution < -0.4 is -0.342 Å². The van der Waals surface area contributed by atoms with E-state index >= 15 is 0 Å². The summed E-state index contributed by atoms with van der Waals surface area (Å²) in [6, 6.07) is 4.11. The zero-order valence-electron chi connectivity index (χ0n) is 4.26. The van der Waals surface area contributed by atoms with Crippen molar-refractivity contribution >= 4 is 48.6 Å². The van der Waals surface area contributed by atoms with Crippen LogP contribution in [0.2, 0.25) is 0 Å². The third-order valence-electron chi connectivity index (χ3n) is 0.847. The van der Waals surface area contributed by atoms with Crippen LogP contribution in [0.5, 0.6) is 0 Å². The first kappa shape index (κ1) is 5.91. The molecular weight excluding hydrogens is 113 g/mol. The first-order chi connectivity index (χ1) is 3.39. The van der Waals surface area contributed by atoms with Gasteiger partial charge < -0.3 is 0 Å². The molecule has 0 amide bonds. The maximum absolute atomic E-state index is 3.88. The molecule has 0 aromatic carbocycles. The van der Waals surface area contributed by atoms with E-state index in [0.29, 0.717) is 0 Å². The zero-order chi connectivity index (χ0) is 5.11. The Labute approximate surface area is 76.7 Å². The van der Waals surface area contributed by atoms with E-state index in [0.717, 1.165) is 49.0 Å². The first-order valence-corrected chi connectivity index (χ1v) is 3.82. The molecule has 0 aliphatic rings. The van der Waals surface area contributed by atoms with Crippen LogP contribution in [0.15, 0.2) is 24.5 Å².